The number of ether oxygens (including phenoxy) is 2. The molecule has 242 valence electrons. The van der Waals surface area contributed by atoms with Gasteiger partial charge in [0.25, 0.3) is 0 Å². The maximum absolute atomic E-state index is 12.9. The van der Waals surface area contributed by atoms with Gasteiger partial charge in [-0.25, -0.2) is 9.78 Å². The molecule has 1 aromatic rings. The number of aromatic nitrogens is 1. The first kappa shape index (κ1) is 35.2. The van der Waals surface area contributed by atoms with Crippen LogP contribution in [0.4, 0.5) is 0 Å². The van der Waals surface area contributed by atoms with Crippen LogP contribution in [-0.4, -0.2) is 73.5 Å². The zero-order valence-corrected chi connectivity index (χ0v) is 26.4. The SMILES string of the molecule is CC(C=CC=C(C)C(O)C(C)C1CC(O)C2(C)OC2C=CC(C)C(O)CC(CC(=O)O)CC=CC(=O)O1)=Cc1coc(C)n1. The first-order valence-corrected chi connectivity index (χ1v) is 15.1. The van der Waals surface area contributed by atoms with E-state index in [4.69, 9.17) is 13.9 Å². The quantitative estimate of drug-likeness (QED) is 0.140. The number of nitrogens with zero attached hydrogens (tertiary/aromatic N) is 1. The van der Waals surface area contributed by atoms with Gasteiger partial charge < -0.3 is 34.3 Å². The van der Waals surface area contributed by atoms with Crippen molar-refractivity contribution in [2.24, 2.45) is 17.8 Å². The van der Waals surface area contributed by atoms with Crippen molar-refractivity contribution in [3.05, 3.63) is 71.5 Å². The smallest absolute Gasteiger partial charge is 0.330 e. The summed E-state index contributed by atoms with van der Waals surface area (Å²) in [5.41, 5.74) is 1.37. The fraction of sp³-hybridized carbons (Fsp3) is 0.559. The van der Waals surface area contributed by atoms with E-state index in [1.54, 1.807) is 52.2 Å². The van der Waals surface area contributed by atoms with E-state index in [9.17, 15) is 30.0 Å². The number of aryl methyl sites for hydroxylation is 1. The van der Waals surface area contributed by atoms with Crippen LogP contribution in [0.5, 0.6) is 0 Å². The van der Waals surface area contributed by atoms with E-state index in [-0.39, 0.29) is 37.5 Å². The monoisotopic (exact) mass is 613 g/mol. The van der Waals surface area contributed by atoms with Crippen LogP contribution in [-0.2, 0) is 19.1 Å². The lowest BCUT2D eigenvalue weighted by molar-refractivity contribution is -0.150. The van der Waals surface area contributed by atoms with Gasteiger partial charge in [-0.3, -0.25) is 4.79 Å². The molecular weight excluding hydrogens is 566 g/mol. The van der Waals surface area contributed by atoms with Crippen LogP contribution in [0.2, 0.25) is 0 Å². The Bertz CT molecular complexity index is 1290. The van der Waals surface area contributed by atoms with Gasteiger partial charge in [0.1, 0.15) is 29.8 Å². The Balaban J connectivity index is 1.78. The molecular formula is C34H47NO9. The number of esters is 1. The van der Waals surface area contributed by atoms with Crippen LogP contribution < -0.4 is 0 Å². The zero-order valence-electron chi connectivity index (χ0n) is 26.4. The van der Waals surface area contributed by atoms with Crippen molar-refractivity contribution in [2.45, 2.75) is 103 Å². The van der Waals surface area contributed by atoms with Crippen molar-refractivity contribution in [3.8, 4) is 0 Å². The Morgan fingerprint density at radius 3 is 2.61 bits per heavy atom. The highest BCUT2D eigenvalue weighted by Crippen LogP contribution is 2.43. The molecule has 3 rings (SSSR count). The Morgan fingerprint density at radius 2 is 1.95 bits per heavy atom. The fourth-order valence-electron chi connectivity index (χ4n) is 5.37. The zero-order chi connectivity index (χ0) is 32.6. The number of carboxylic acids is 1. The minimum atomic E-state index is -1.00. The number of hydrogen-bond acceptors (Lipinski definition) is 9. The molecule has 0 saturated carbocycles. The van der Waals surface area contributed by atoms with E-state index in [2.05, 4.69) is 4.98 Å². The van der Waals surface area contributed by atoms with Crippen LogP contribution in [0.15, 0.2) is 64.4 Å². The number of epoxide rings is 1. The van der Waals surface area contributed by atoms with Gasteiger partial charge in [-0.15, -0.1) is 0 Å². The van der Waals surface area contributed by atoms with Crippen molar-refractivity contribution in [3.63, 3.8) is 0 Å². The number of fused-ring (bicyclic) bond motifs is 1. The number of allylic oxidation sites excluding steroid dienone is 5. The summed E-state index contributed by atoms with van der Waals surface area (Å²) in [4.78, 5) is 28.5. The Hall–Kier alpha value is -3.31. The number of aliphatic carboxylic acids is 1. The van der Waals surface area contributed by atoms with Crippen molar-refractivity contribution in [1.82, 2.24) is 4.98 Å². The molecule has 4 N–H and O–H groups in total. The third kappa shape index (κ3) is 10.1. The minimum Gasteiger partial charge on any atom is -0.481 e. The summed E-state index contributed by atoms with van der Waals surface area (Å²) in [7, 11) is 0. The second-order valence-corrected chi connectivity index (χ2v) is 12.4. The molecule has 9 unspecified atom stereocenters. The second kappa shape index (κ2) is 15.6. The van der Waals surface area contributed by atoms with E-state index in [1.165, 1.54) is 6.08 Å². The lowest BCUT2D eigenvalue weighted by atomic mass is 9.86. The van der Waals surface area contributed by atoms with Gasteiger partial charge in [-0.05, 0) is 56.8 Å². The molecule has 0 amide bonds. The molecule has 1 aromatic heterocycles. The van der Waals surface area contributed by atoms with Gasteiger partial charge in [-0.2, -0.15) is 0 Å². The fourth-order valence-corrected chi connectivity index (χ4v) is 5.37. The number of aliphatic hydroxyl groups excluding tert-OH is 3. The molecule has 10 nitrogen and oxygen atoms in total. The third-order valence-corrected chi connectivity index (χ3v) is 8.51. The number of aliphatic hydroxyl groups is 3. The highest BCUT2D eigenvalue weighted by atomic mass is 16.6. The topological polar surface area (TPSA) is 163 Å². The average Bonchev–Trinajstić information content (AvgIpc) is 3.45. The van der Waals surface area contributed by atoms with Gasteiger partial charge in [-0.1, -0.05) is 50.3 Å². The van der Waals surface area contributed by atoms with E-state index < -0.39 is 54.0 Å². The number of carbonyl (C=O) groups is 2. The van der Waals surface area contributed by atoms with Crippen LogP contribution in [0.3, 0.4) is 0 Å². The second-order valence-electron chi connectivity index (χ2n) is 12.4. The van der Waals surface area contributed by atoms with E-state index >= 15 is 0 Å². The average molecular weight is 614 g/mol. The summed E-state index contributed by atoms with van der Waals surface area (Å²) in [6, 6.07) is 0. The Morgan fingerprint density at radius 1 is 1.23 bits per heavy atom. The summed E-state index contributed by atoms with van der Waals surface area (Å²) < 4.78 is 16.8. The van der Waals surface area contributed by atoms with E-state index in [0.717, 1.165) is 5.57 Å². The number of hydrogen-bond donors (Lipinski definition) is 4. The van der Waals surface area contributed by atoms with Crippen molar-refractivity contribution in [1.29, 1.82) is 0 Å². The number of carbonyl (C=O) groups excluding carboxylic acids is 1. The maximum Gasteiger partial charge on any atom is 0.330 e. The van der Waals surface area contributed by atoms with E-state index in [1.807, 2.05) is 38.2 Å². The summed E-state index contributed by atoms with van der Waals surface area (Å²) in [5.74, 6) is -2.29. The van der Waals surface area contributed by atoms with E-state index in [0.29, 0.717) is 17.2 Å². The van der Waals surface area contributed by atoms with Crippen molar-refractivity contribution in [2.75, 3.05) is 0 Å². The largest absolute Gasteiger partial charge is 0.481 e. The number of oxazole rings is 1. The first-order chi connectivity index (χ1) is 20.7. The molecule has 44 heavy (non-hydrogen) atoms. The predicted octanol–water partition coefficient (Wildman–Crippen LogP) is 4.70. The molecule has 10 heteroatoms. The molecule has 2 aliphatic heterocycles. The van der Waals surface area contributed by atoms with Gasteiger partial charge in [0.15, 0.2) is 5.89 Å². The summed E-state index contributed by atoms with van der Waals surface area (Å²) in [6.07, 6.45) is 11.7. The summed E-state index contributed by atoms with van der Waals surface area (Å²) >= 11 is 0. The normalized spacial score (nSPS) is 32.2. The van der Waals surface area contributed by atoms with Crippen LogP contribution in [0.25, 0.3) is 6.08 Å². The molecule has 9 atom stereocenters. The molecule has 2 aliphatic rings. The standard InChI is InChI=1S/C34H47NO9/c1-20(15-26-19-42-24(5)35-26)9-7-10-22(3)33(41)23(4)28-18-29(37)34(6)30(44-34)14-13-21(2)27(36)16-25(17-31(38)39)11-8-12-32(40)43-28/h7-10,12-15,19,21,23,25,27-30,33,36-37,41H,11,16-18H2,1-6H3,(H,38,39). The number of carboxylic acid groups (broad SMARTS) is 1. The molecule has 3 heterocycles. The first-order valence-electron chi connectivity index (χ1n) is 15.1. The maximum atomic E-state index is 12.9. The summed E-state index contributed by atoms with van der Waals surface area (Å²) in [6.45, 7) is 10.8. The molecule has 0 radical (unpaired) electrons. The highest BCUT2D eigenvalue weighted by Gasteiger charge is 2.56. The molecule has 0 aliphatic carbocycles. The van der Waals surface area contributed by atoms with Crippen LogP contribution >= 0.6 is 0 Å². The highest BCUT2D eigenvalue weighted by molar-refractivity contribution is 5.82. The molecule has 0 spiro atoms. The van der Waals surface area contributed by atoms with Crippen LogP contribution in [0, 0.1) is 24.7 Å². The minimum absolute atomic E-state index is 0.0283. The van der Waals surface area contributed by atoms with Gasteiger partial charge in [0, 0.05) is 37.7 Å². The summed E-state index contributed by atoms with van der Waals surface area (Å²) in [5, 5.41) is 42.4. The predicted molar refractivity (Wildman–Crippen MR) is 165 cm³/mol. The Labute approximate surface area is 259 Å². The molecule has 1 saturated heterocycles. The van der Waals surface area contributed by atoms with Crippen molar-refractivity contribution < 1.29 is 43.9 Å². The number of rotatable bonds is 8. The number of cyclic esters (lactones) is 1. The third-order valence-electron chi connectivity index (χ3n) is 8.51. The molecule has 0 aromatic carbocycles. The van der Waals surface area contributed by atoms with Gasteiger partial charge in [0.2, 0.25) is 0 Å². The molecule has 1 fully saturated rings. The lowest BCUT2D eigenvalue weighted by Crippen LogP contribution is -2.40. The molecule has 0 bridgehead atoms. The Kier molecular flexibility index (Phi) is 12.5. The van der Waals surface area contributed by atoms with Gasteiger partial charge >= 0.3 is 11.9 Å². The van der Waals surface area contributed by atoms with Crippen LogP contribution in [0.1, 0.15) is 71.9 Å². The lowest BCUT2D eigenvalue weighted by Gasteiger charge is -2.30. The van der Waals surface area contributed by atoms with Crippen molar-refractivity contribution >= 4 is 18.0 Å². The van der Waals surface area contributed by atoms with Gasteiger partial charge in [0.05, 0.1) is 18.3 Å².